The van der Waals surface area contributed by atoms with Crippen LogP contribution in [0.4, 0.5) is 0 Å². The van der Waals surface area contributed by atoms with Gasteiger partial charge in [0, 0.05) is 24.4 Å². The van der Waals surface area contributed by atoms with Gasteiger partial charge in [0.25, 0.3) is 5.56 Å². The average molecular weight is 369 g/mol. The standard InChI is InChI=1S/C20H23N3O2S/c24-18(22-11-4-5-12-22)13-23-19(25)16-9-6-10-17(16)21-20(23)26-14-15-7-2-1-3-8-15/h1-3,7-8H,4-6,9-14H2. The van der Waals surface area contributed by atoms with Crippen molar-refractivity contribution in [2.45, 2.75) is 49.6 Å². The molecule has 5 nitrogen and oxygen atoms in total. The highest BCUT2D eigenvalue weighted by molar-refractivity contribution is 7.98. The number of thioether (sulfide) groups is 1. The number of likely N-dealkylation sites (tertiary alicyclic amines) is 1. The Morgan fingerprint density at radius 3 is 2.62 bits per heavy atom. The molecule has 2 aromatic rings. The normalized spacial score (nSPS) is 16.1. The van der Waals surface area contributed by atoms with E-state index < -0.39 is 0 Å². The molecule has 0 saturated carbocycles. The second kappa shape index (κ2) is 7.66. The molecule has 0 spiro atoms. The third-order valence-electron chi connectivity index (χ3n) is 5.12. The lowest BCUT2D eigenvalue weighted by Gasteiger charge is -2.18. The summed E-state index contributed by atoms with van der Waals surface area (Å²) in [6.07, 6.45) is 4.73. The molecule has 1 amide bonds. The van der Waals surface area contributed by atoms with Gasteiger partial charge >= 0.3 is 0 Å². The smallest absolute Gasteiger partial charge is 0.258 e. The Labute approximate surface area is 157 Å². The van der Waals surface area contributed by atoms with Crippen LogP contribution in [-0.4, -0.2) is 33.4 Å². The maximum Gasteiger partial charge on any atom is 0.258 e. The first kappa shape index (κ1) is 17.3. The Kier molecular flexibility index (Phi) is 5.11. The van der Waals surface area contributed by atoms with Crippen molar-refractivity contribution in [3.63, 3.8) is 0 Å². The summed E-state index contributed by atoms with van der Waals surface area (Å²) in [6, 6.07) is 10.1. The van der Waals surface area contributed by atoms with Gasteiger partial charge in [-0.25, -0.2) is 4.98 Å². The van der Waals surface area contributed by atoms with Crippen LogP contribution in [0.25, 0.3) is 0 Å². The number of carbonyl (C=O) groups excluding carboxylic acids is 1. The molecule has 1 fully saturated rings. The van der Waals surface area contributed by atoms with E-state index in [0.717, 1.165) is 62.2 Å². The van der Waals surface area contributed by atoms with Crippen molar-refractivity contribution in [2.24, 2.45) is 0 Å². The highest BCUT2D eigenvalue weighted by atomic mass is 32.2. The van der Waals surface area contributed by atoms with E-state index in [2.05, 4.69) is 12.1 Å². The van der Waals surface area contributed by atoms with Gasteiger partial charge in [0.2, 0.25) is 5.91 Å². The van der Waals surface area contributed by atoms with E-state index in [1.807, 2.05) is 23.1 Å². The van der Waals surface area contributed by atoms with Crippen LogP contribution >= 0.6 is 11.8 Å². The maximum atomic E-state index is 13.0. The fourth-order valence-corrected chi connectivity index (χ4v) is 4.65. The molecule has 2 heterocycles. The second-order valence-electron chi connectivity index (χ2n) is 6.93. The second-order valence-corrected chi connectivity index (χ2v) is 7.87. The minimum Gasteiger partial charge on any atom is -0.341 e. The maximum absolute atomic E-state index is 13.0. The van der Waals surface area contributed by atoms with Gasteiger partial charge < -0.3 is 4.90 Å². The van der Waals surface area contributed by atoms with Crippen molar-refractivity contribution in [3.05, 3.63) is 57.5 Å². The minimum absolute atomic E-state index is 0.0180. The summed E-state index contributed by atoms with van der Waals surface area (Å²) in [5, 5.41) is 0.673. The zero-order valence-electron chi connectivity index (χ0n) is 14.8. The number of benzene rings is 1. The number of rotatable bonds is 5. The molecule has 1 aliphatic heterocycles. The summed E-state index contributed by atoms with van der Waals surface area (Å²) in [6.45, 7) is 1.72. The van der Waals surface area contributed by atoms with E-state index in [1.54, 1.807) is 16.3 Å². The van der Waals surface area contributed by atoms with Crippen molar-refractivity contribution in [1.82, 2.24) is 14.5 Å². The van der Waals surface area contributed by atoms with Crippen LogP contribution in [0.2, 0.25) is 0 Å². The van der Waals surface area contributed by atoms with Gasteiger partial charge in [0.15, 0.2) is 5.16 Å². The number of amides is 1. The van der Waals surface area contributed by atoms with Crippen LogP contribution in [0.1, 0.15) is 36.1 Å². The van der Waals surface area contributed by atoms with Crippen LogP contribution in [0, 0.1) is 0 Å². The van der Waals surface area contributed by atoms with Crippen LogP contribution in [-0.2, 0) is 29.9 Å². The van der Waals surface area contributed by atoms with Crippen LogP contribution in [0.3, 0.4) is 0 Å². The fraction of sp³-hybridized carbons (Fsp3) is 0.450. The molecule has 0 atom stereocenters. The molecule has 0 radical (unpaired) electrons. The first-order valence-corrected chi connectivity index (χ1v) is 10.3. The molecule has 6 heteroatoms. The molecule has 136 valence electrons. The van der Waals surface area contributed by atoms with E-state index in [1.165, 1.54) is 5.56 Å². The van der Waals surface area contributed by atoms with Gasteiger partial charge in [-0.05, 0) is 37.7 Å². The van der Waals surface area contributed by atoms with Gasteiger partial charge in [0.1, 0.15) is 6.54 Å². The highest BCUT2D eigenvalue weighted by Crippen LogP contribution is 2.24. The number of carbonyl (C=O) groups is 1. The molecule has 0 N–H and O–H groups in total. The van der Waals surface area contributed by atoms with E-state index in [-0.39, 0.29) is 18.0 Å². The number of nitrogens with zero attached hydrogens (tertiary/aromatic N) is 3. The van der Waals surface area contributed by atoms with Gasteiger partial charge in [-0.3, -0.25) is 14.2 Å². The third-order valence-corrected chi connectivity index (χ3v) is 6.16. The van der Waals surface area contributed by atoms with Crippen molar-refractivity contribution in [3.8, 4) is 0 Å². The summed E-state index contributed by atoms with van der Waals surface area (Å²) in [4.78, 5) is 32.2. The molecule has 2 aliphatic rings. The Morgan fingerprint density at radius 1 is 1.08 bits per heavy atom. The topological polar surface area (TPSA) is 55.2 Å². The lowest BCUT2D eigenvalue weighted by molar-refractivity contribution is -0.130. The minimum atomic E-state index is -0.0180. The zero-order chi connectivity index (χ0) is 17.9. The quantitative estimate of drug-likeness (QED) is 0.601. The predicted molar refractivity (Wildman–Crippen MR) is 102 cm³/mol. The van der Waals surface area contributed by atoms with Crippen molar-refractivity contribution in [1.29, 1.82) is 0 Å². The SMILES string of the molecule is O=C(Cn1c(SCc2ccccc2)nc2c(c1=O)CCC2)N1CCCC1. The zero-order valence-corrected chi connectivity index (χ0v) is 15.6. The average Bonchev–Trinajstić information content (AvgIpc) is 3.35. The molecule has 1 aromatic carbocycles. The van der Waals surface area contributed by atoms with Crippen LogP contribution < -0.4 is 5.56 Å². The highest BCUT2D eigenvalue weighted by Gasteiger charge is 2.24. The summed E-state index contributed by atoms with van der Waals surface area (Å²) < 4.78 is 1.61. The first-order valence-electron chi connectivity index (χ1n) is 9.29. The largest absolute Gasteiger partial charge is 0.341 e. The van der Waals surface area contributed by atoms with Crippen molar-refractivity contribution < 1.29 is 4.79 Å². The summed E-state index contributed by atoms with van der Waals surface area (Å²) >= 11 is 1.55. The summed E-state index contributed by atoms with van der Waals surface area (Å²) in [7, 11) is 0. The van der Waals surface area contributed by atoms with Gasteiger partial charge in [-0.1, -0.05) is 42.1 Å². The van der Waals surface area contributed by atoms with Crippen molar-refractivity contribution in [2.75, 3.05) is 13.1 Å². The number of aromatic nitrogens is 2. The third kappa shape index (κ3) is 3.56. The number of hydrogen-bond donors (Lipinski definition) is 0. The van der Waals surface area contributed by atoms with Gasteiger partial charge in [0.05, 0.1) is 5.69 Å². The van der Waals surface area contributed by atoms with Crippen LogP contribution in [0.15, 0.2) is 40.3 Å². The summed E-state index contributed by atoms with van der Waals surface area (Å²) in [5.74, 6) is 0.773. The summed E-state index contributed by atoms with van der Waals surface area (Å²) in [5.41, 5.74) is 2.90. The molecule has 1 aliphatic carbocycles. The molecule has 0 bridgehead atoms. The lowest BCUT2D eigenvalue weighted by Crippen LogP contribution is -2.36. The van der Waals surface area contributed by atoms with Crippen LogP contribution in [0.5, 0.6) is 0 Å². The molecule has 26 heavy (non-hydrogen) atoms. The van der Waals surface area contributed by atoms with E-state index in [0.29, 0.717) is 5.16 Å². The molecule has 1 aromatic heterocycles. The lowest BCUT2D eigenvalue weighted by atomic mass is 10.2. The molecule has 1 saturated heterocycles. The first-order chi connectivity index (χ1) is 12.7. The Bertz CT molecular complexity index is 857. The van der Waals surface area contributed by atoms with Gasteiger partial charge in [-0.15, -0.1) is 0 Å². The number of fused-ring (bicyclic) bond motifs is 1. The number of hydrogen-bond acceptors (Lipinski definition) is 4. The Balaban J connectivity index is 1.61. The monoisotopic (exact) mass is 369 g/mol. The predicted octanol–water partition coefficient (Wildman–Crippen LogP) is 2.65. The van der Waals surface area contributed by atoms with Gasteiger partial charge in [-0.2, -0.15) is 0 Å². The fourth-order valence-electron chi connectivity index (χ4n) is 3.68. The molecular formula is C20H23N3O2S. The Hall–Kier alpha value is -2.08. The molecular weight excluding hydrogens is 346 g/mol. The number of aryl methyl sites for hydroxylation is 1. The van der Waals surface area contributed by atoms with Crippen molar-refractivity contribution >= 4 is 17.7 Å². The van der Waals surface area contributed by atoms with E-state index >= 15 is 0 Å². The van der Waals surface area contributed by atoms with E-state index in [4.69, 9.17) is 4.98 Å². The molecule has 4 rings (SSSR count). The Morgan fingerprint density at radius 2 is 1.85 bits per heavy atom. The van der Waals surface area contributed by atoms with E-state index in [9.17, 15) is 9.59 Å². The molecule has 0 unspecified atom stereocenters.